The molecule has 0 aliphatic heterocycles. The lowest BCUT2D eigenvalue weighted by Gasteiger charge is -1.92. The lowest BCUT2D eigenvalue weighted by molar-refractivity contribution is -0.0805. The molecule has 0 fully saturated rings. The van der Waals surface area contributed by atoms with Gasteiger partial charge in [0.15, 0.2) is 0 Å². The van der Waals surface area contributed by atoms with Crippen LogP contribution in [0.5, 0.6) is 0 Å². The summed E-state index contributed by atoms with van der Waals surface area (Å²) in [7, 11) is 0. The van der Waals surface area contributed by atoms with Crippen LogP contribution in [-0.2, 0) is 0 Å². The van der Waals surface area contributed by atoms with Crippen LogP contribution in [-0.4, -0.2) is 12.6 Å². The molecule has 0 atom stereocenters. The molecule has 0 aromatic carbocycles. The maximum atomic E-state index is 11.0. The molecule has 0 heterocycles. The van der Waals surface area contributed by atoms with Gasteiger partial charge in [0.25, 0.3) is 6.43 Å². The normalized spacial score (nSPS) is 11.3. The first-order chi connectivity index (χ1) is 6.61. The maximum Gasteiger partial charge on any atom is 0.411 e. The highest BCUT2D eigenvalue weighted by Crippen LogP contribution is 2.16. The van der Waals surface area contributed by atoms with E-state index in [2.05, 4.69) is 0 Å². The number of allylic oxidation sites excluding steroid dienone is 2. The summed E-state index contributed by atoms with van der Waals surface area (Å²) < 4.78 is 96.7. The fraction of sp³-hybridized carbons (Fsp3) is 0.333. The van der Waals surface area contributed by atoms with Crippen molar-refractivity contribution in [3.8, 4) is 0 Å². The Hall–Kier alpha value is -1.15. The van der Waals surface area contributed by atoms with Crippen molar-refractivity contribution in [1.82, 2.24) is 0 Å². The van der Waals surface area contributed by atoms with Gasteiger partial charge in [-0.05, 0) is 0 Å². The van der Waals surface area contributed by atoms with E-state index in [-0.39, 0.29) is 0 Å². The lowest BCUT2D eigenvalue weighted by atomic mass is 10.6. The van der Waals surface area contributed by atoms with Crippen molar-refractivity contribution in [3.05, 3.63) is 24.3 Å². The summed E-state index contributed by atoms with van der Waals surface area (Å²) in [5, 5.41) is 0. The second kappa shape index (κ2) is 7.18. The molecule has 0 radical (unpaired) electrons. The van der Waals surface area contributed by atoms with Crippen LogP contribution in [0.3, 0.4) is 0 Å². The van der Waals surface area contributed by atoms with E-state index in [1.165, 1.54) is 0 Å². The number of halogens is 9. The molecular weight excluding hydrogens is 243 g/mol. The average Bonchev–Trinajstić information content (AvgIpc) is 2.01. The maximum absolute atomic E-state index is 11.0. The predicted molar refractivity (Wildman–Crippen MR) is 32.7 cm³/mol. The summed E-state index contributed by atoms with van der Waals surface area (Å²) in [6.07, 6.45) is -12.2. The molecule has 0 saturated heterocycles. The summed E-state index contributed by atoms with van der Waals surface area (Å²) >= 11 is 0. The highest BCUT2D eigenvalue weighted by atomic mass is 19.4. The molecule has 0 amide bonds. The fourth-order valence-corrected chi connectivity index (χ4v) is 0.154. The third kappa shape index (κ3) is 12.8. The minimum atomic E-state index is -4.51. The Balaban J connectivity index is 0. The first-order valence-electron chi connectivity index (χ1n) is 2.95. The van der Waals surface area contributed by atoms with Gasteiger partial charge in [-0.25, -0.2) is 13.2 Å². The molecule has 0 aromatic rings. The Labute approximate surface area is 77.7 Å². The van der Waals surface area contributed by atoms with E-state index in [4.69, 9.17) is 0 Å². The van der Waals surface area contributed by atoms with Gasteiger partial charge in [-0.3, -0.25) is 0 Å². The van der Waals surface area contributed by atoms with Crippen molar-refractivity contribution in [2.24, 2.45) is 0 Å². The Morgan fingerprint density at radius 3 is 1.40 bits per heavy atom. The van der Waals surface area contributed by atoms with Gasteiger partial charge in [-0.1, -0.05) is 0 Å². The van der Waals surface area contributed by atoms with Crippen LogP contribution in [0.15, 0.2) is 24.3 Å². The lowest BCUT2D eigenvalue weighted by Crippen LogP contribution is -1.99. The Morgan fingerprint density at radius 1 is 1.00 bits per heavy atom. The van der Waals surface area contributed by atoms with Gasteiger partial charge in [0, 0.05) is 6.08 Å². The van der Waals surface area contributed by atoms with Gasteiger partial charge in [0.2, 0.25) is 5.83 Å². The van der Waals surface area contributed by atoms with Crippen molar-refractivity contribution >= 4 is 0 Å². The summed E-state index contributed by atoms with van der Waals surface area (Å²) in [6, 6.07) is 0. The van der Waals surface area contributed by atoms with E-state index in [0.717, 1.165) is 0 Å². The van der Waals surface area contributed by atoms with E-state index >= 15 is 0 Å². The third-order valence-corrected chi connectivity index (χ3v) is 0.624. The molecule has 0 aliphatic rings. The standard InChI is InChI=1S/C3HF5.C3H2F4/c4-1(2(5)6)3(7)8;4-2-1-3(5,6)7/h2H;1-2H/b;2-1+. The molecule has 0 aromatic heterocycles. The molecule has 0 nitrogen and oxygen atoms in total. The van der Waals surface area contributed by atoms with E-state index in [1.54, 1.807) is 0 Å². The molecule has 0 unspecified atom stereocenters. The zero-order valence-electron chi connectivity index (χ0n) is 6.63. The summed E-state index contributed by atoms with van der Waals surface area (Å²) in [5.41, 5.74) is 0. The average molecular weight is 246 g/mol. The summed E-state index contributed by atoms with van der Waals surface area (Å²) in [4.78, 5) is 0. The van der Waals surface area contributed by atoms with Crippen LogP contribution in [0.1, 0.15) is 0 Å². The number of hydrogen-bond donors (Lipinski definition) is 0. The van der Waals surface area contributed by atoms with E-state index in [0.29, 0.717) is 0 Å². The van der Waals surface area contributed by atoms with Gasteiger partial charge in [0.1, 0.15) is 0 Å². The van der Waals surface area contributed by atoms with Crippen LogP contribution in [0.25, 0.3) is 0 Å². The van der Waals surface area contributed by atoms with Crippen LogP contribution in [0.2, 0.25) is 0 Å². The monoisotopic (exact) mass is 246 g/mol. The Morgan fingerprint density at radius 2 is 1.40 bits per heavy atom. The number of rotatable bonds is 1. The zero-order chi connectivity index (χ0) is 12.6. The minimum Gasteiger partial charge on any atom is -0.216 e. The highest BCUT2D eigenvalue weighted by molar-refractivity contribution is 4.93. The van der Waals surface area contributed by atoms with E-state index in [1.807, 2.05) is 0 Å². The summed E-state index contributed by atoms with van der Waals surface area (Å²) in [5.74, 6) is -2.65. The molecular formula is C6H3F9. The molecule has 9 heteroatoms. The van der Waals surface area contributed by atoms with E-state index in [9.17, 15) is 39.5 Å². The molecule has 90 valence electrons. The fourth-order valence-electron chi connectivity index (χ4n) is 0.154. The minimum absolute atomic E-state index is 0.479. The SMILES string of the molecule is F/C=C/C(F)(F)F.FC(F)=C(F)C(F)F. The van der Waals surface area contributed by atoms with Gasteiger partial charge >= 0.3 is 12.3 Å². The van der Waals surface area contributed by atoms with Gasteiger partial charge < -0.3 is 0 Å². The largest absolute Gasteiger partial charge is 0.411 e. The quantitative estimate of drug-likeness (QED) is 0.603. The number of alkyl halides is 5. The molecule has 0 rings (SSSR count). The molecule has 0 aliphatic carbocycles. The highest BCUT2D eigenvalue weighted by Gasteiger charge is 2.21. The first-order valence-corrected chi connectivity index (χ1v) is 2.95. The number of hydrogen-bond acceptors (Lipinski definition) is 0. The van der Waals surface area contributed by atoms with Crippen LogP contribution < -0.4 is 0 Å². The predicted octanol–water partition coefficient (Wildman–Crippen LogP) is 4.36. The molecule has 0 saturated carbocycles. The smallest absolute Gasteiger partial charge is 0.216 e. The zero-order valence-corrected chi connectivity index (χ0v) is 6.63. The van der Waals surface area contributed by atoms with Crippen LogP contribution >= 0.6 is 0 Å². The van der Waals surface area contributed by atoms with Crippen LogP contribution in [0.4, 0.5) is 39.5 Å². The van der Waals surface area contributed by atoms with Gasteiger partial charge in [-0.2, -0.15) is 26.3 Å². The van der Waals surface area contributed by atoms with Crippen molar-refractivity contribution in [1.29, 1.82) is 0 Å². The molecule has 0 N–H and O–H groups in total. The third-order valence-electron chi connectivity index (χ3n) is 0.624. The topological polar surface area (TPSA) is 0 Å². The van der Waals surface area contributed by atoms with Gasteiger partial charge in [0.05, 0.1) is 6.33 Å². The van der Waals surface area contributed by atoms with Gasteiger partial charge in [-0.15, -0.1) is 0 Å². The van der Waals surface area contributed by atoms with E-state index < -0.39 is 36.9 Å². The summed E-state index contributed by atoms with van der Waals surface area (Å²) in [6.45, 7) is 0. The van der Waals surface area contributed by atoms with Crippen molar-refractivity contribution in [3.63, 3.8) is 0 Å². The van der Waals surface area contributed by atoms with Crippen LogP contribution in [0, 0.1) is 0 Å². The van der Waals surface area contributed by atoms with Crippen molar-refractivity contribution in [2.45, 2.75) is 12.6 Å². The molecule has 15 heavy (non-hydrogen) atoms. The second-order valence-electron chi connectivity index (χ2n) is 1.74. The van der Waals surface area contributed by atoms with Crippen molar-refractivity contribution in [2.75, 3.05) is 0 Å². The molecule has 0 spiro atoms. The Kier molecular flexibility index (Phi) is 7.80. The van der Waals surface area contributed by atoms with Crippen molar-refractivity contribution < 1.29 is 39.5 Å². The Bertz CT molecular complexity index is 219. The second-order valence-corrected chi connectivity index (χ2v) is 1.74. The molecule has 0 bridgehead atoms. The first kappa shape index (κ1) is 16.3.